The van der Waals surface area contributed by atoms with Gasteiger partial charge < -0.3 is 9.31 Å². The normalized spacial score (nSPS) is 20.0. The highest BCUT2D eigenvalue weighted by Crippen LogP contribution is 2.36. The lowest BCUT2D eigenvalue weighted by Crippen LogP contribution is -2.41. The Bertz CT molecular complexity index is 656. The summed E-state index contributed by atoms with van der Waals surface area (Å²) >= 11 is 3.40. The third-order valence-corrected chi connectivity index (χ3v) is 4.48. The summed E-state index contributed by atoms with van der Waals surface area (Å²) in [5.74, 6) is 0. The Morgan fingerprint density at radius 2 is 1.86 bits per heavy atom. The van der Waals surface area contributed by atoms with Crippen molar-refractivity contribution in [2.24, 2.45) is 0 Å². The van der Waals surface area contributed by atoms with Gasteiger partial charge >= 0.3 is 7.12 Å². The average molecular weight is 350 g/mol. The summed E-state index contributed by atoms with van der Waals surface area (Å²) in [4.78, 5) is 4.38. The van der Waals surface area contributed by atoms with Crippen molar-refractivity contribution < 1.29 is 9.31 Å². The molecular formula is C14H17BBrN3O2. The monoisotopic (exact) mass is 349 g/mol. The Kier molecular flexibility index (Phi) is 3.46. The summed E-state index contributed by atoms with van der Waals surface area (Å²) < 4.78 is 14.8. The van der Waals surface area contributed by atoms with Crippen LogP contribution in [0.15, 0.2) is 35.2 Å². The molecule has 3 heterocycles. The maximum atomic E-state index is 6.02. The quantitative estimate of drug-likeness (QED) is 0.781. The zero-order valence-electron chi connectivity index (χ0n) is 12.5. The van der Waals surface area contributed by atoms with Gasteiger partial charge in [-0.25, -0.2) is 4.68 Å². The molecule has 0 spiro atoms. The fourth-order valence-corrected chi connectivity index (χ4v) is 2.40. The number of hydrogen-bond donors (Lipinski definition) is 0. The van der Waals surface area contributed by atoms with Crippen LogP contribution < -0.4 is 5.59 Å². The molecule has 21 heavy (non-hydrogen) atoms. The van der Waals surface area contributed by atoms with Crippen molar-refractivity contribution in [3.05, 3.63) is 35.2 Å². The molecule has 0 atom stereocenters. The first-order chi connectivity index (χ1) is 9.78. The van der Waals surface area contributed by atoms with E-state index in [0.717, 1.165) is 15.8 Å². The fourth-order valence-electron chi connectivity index (χ4n) is 2.11. The first kappa shape index (κ1) is 14.7. The summed E-state index contributed by atoms with van der Waals surface area (Å²) in [6.45, 7) is 8.12. The number of pyridine rings is 1. The summed E-state index contributed by atoms with van der Waals surface area (Å²) in [5.41, 5.74) is 0.923. The zero-order valence-corrected chi connectivity index (χ0v) is 14.1. The summed E-state index contributed by atoms with van der Waals surface area (Å²) in [7, 11) is -0.464. The number of halogens is 1. The lowest BCUT2D eigenvalue weighted by molar-refractivity contribution is 0.00578. The Morgan fingerprint density at radius 3 is 2.43 bits per heavy atom. The van der Waals surface area contributed by atoms with Crippen LogP contribution in [-0.4, -0.2) is 33.1 Å². The molecule has 2 aromatic heterocycles. The topological polar surface area (TPSA) is 49.2 Å². The Balaban J connectivity index is 1.91. The van der Waals surface area contributed by atoms with Gasteiger partial charge in [0.1, 0.15) is 0 Å². The van der Waals surface area contributed by atoms with Gasteiger partial charge in [-0.3, -0.25) is 4.98 Å². The van der Waals surface area contributed by atoms with Crippen molar-refractivity contribution in [3.8, 4) is 5.69 Å². The van der Waals surface area contributed by atoms with Crippen molar-refractivity contribution in [2.75, 3.05) is 0 Å². The molecule has 0 unspecified atom stereocenters. The van der Waals surface area contributed by atoms with Gasteiger partial charge in [-0.05, 0) is 55.8 Å². The molecule has 0 aliphatic carbocycles. The van der Waals surface area contributed by atoms with E-state index in [1.54, 1.807) is 17.1 Å². The van der Waals surface area contributed by atoms with Crippen LogP contribution in [0.4, 0.5) is 0 Å². The van der Waals surface area contributed by atoms with Crippen LogP contribution in [-0.2, 0) is 9.31 Å². The van der Waals surface area contributed by atoms with Crippen LogP contribution in [0.5, 0.6) is 0 Å². The van der Waals surface area contributed by atoms with Gasteiger partial charge in [0.25, 0.3) is 0 Å². The second-order valence-corrected chi connectivity index (χ2v) is 7.05. The Morgan fingerprint density at radius 1 is 1.19 bits per heavy atom. The molecule has 1 aliphatic heterocycles. The lowest BCUT2D eigenvalue weighted by atomic mass is 9.84. The number of aromatic nitrogens is 3. The molecule has 0 saturated carbocycles. The van der Waals surface area contributed by atoms with Gasteiger partial charge in [-0.15, -0.1) is 0 Å². The number of rotatable bonds is 2. The predicted octanol–water partition coefficient (Wildman–Crippen LogP) is 2.33. The van der Waals surface area contributed by atoms with Gasteiger partial charge in [-0.2, -0.15) is 5.10 Å². The van der Waals surface area contributed by atoms with E-state index in [2.05, 4.69) is 26.0 Å². The van der Waals surface area contributed by atoms with Crippen molar-refractivity contribution in [1.29, 1.82) is 0 Å². The van der Waals surface area contributed by atoms with Crippen LogP contribution in [0.3, 0.4) is 0 Å². The summed E-state index contributed by atoms with van der Waals surface area (Å²) in [5, 5.41) is 4.27. The maximum Gasteiger partial charge on any atom is 0.514 e. The molecule has 5 nitrogen and oxygen atoms in total. The number of hydrogen-bond acceptors (Lipinski definition) is 4. The van der Waals surface area contributed by atoms with Gasteiger partial charge in [0.2, 0.25) is 0 Å². The molecule has 7 heteroatoms. The molecule has 0 radical (unpaired) electrons. The third-order valence-electron chi connectivity index (χ3n) is 4.08. The van der Waals surface area contributed by atoms with E-state index in [0.29, 0.717) is 0 Å². The van der Waals surface area contributed by atoms with Gasteiger partial charge in [0.05, 0.1) is 33.2 Å². The van der Waals surface area contributed by atoms with Crippen LogP contribution in [0, 0.1) is 0 Å². The first-order valence-corrected chi connectivity index (χ1v) is 7.60. The van der Waals surface area contributed by atoms with Crippen molar-refractivity contribution in [3.63, 3.8) is 0 Å². The van der Waals surface area contributed by atoms with Crippen LogP contribution in [0.25, 0.3) is 5.69 Å². The van der Waals surface area contributed by atoms with Gasteiger partial charge in [-0.1, -0.05) is 0 Å². The minimum Gasteiger partial charge on any atom is -0.398 e. The van der Waals surface area contributed by atoms with E-state index < -0.39 is 7.12 Å². The van der Waals surface area contributed by atoms with E-state index in [1.807, 2.05) is 46.0 Å². The van der Waals surface area contributed by atoms with E-state index in [4.69, 9.17) is 9.31 Å². The predicted molar refractivity (Wildman–Crippen MR) is 84.8 cm³/mol. The van der Waals surface area contributed by atoms with E-state index in [9.17, 15) is 0 Å². The molecule has 3 rings (SSSR count). The standard InChI is InChI=1S/C14H17BBrN3O2/c1-13(2)14(3,4)21-15(20-13)12-7-11(5-6-17-12)19-9-10(16)8-18-19/h5-9H,1-4H3. The van der Waals surface area contributed by atoms with E-state index >= 15 is 0 Å². The third kappa shape index (κ3) is 2.65. The molecule has 110 valence electrons. The summed E-state index contributed by atoms with van der Waals surface area (Å²) in [6, 6.07) is 3.83. The fraction of sp³-hybridized carbons (Fsp3) is 0.429. The van der Waals surface area contributed by atoms with Crippen molar-refractivity contribution >= 4 is 28.6 Å². The molecule has 2 aromatic rings. The largest absolute Gasteiger partial charge is 0.514 e. The second kappa shape index (κ2) is 4.93. The molecule has 0 bridgehead atoms. The van der Waals surface area contributed by atoms with Gasteiger partial charge in [0, 0.05) is 12.4 Å². The van der Waals surface area contributed by atoms with Crippen molar-refractivity contribution in [1.82, 2.24) is 14.8 Å². The molecule has 1 fully saturated rings. The highest BCUT2D eigenvalue weighted by molar-refractivity contribution is 9.10. The molecule has 0 aromatic carbocycles. The van der Waals surface area contributed by atoms with Crippen molar-refractivity contribution in [2.45, 2.75) is 38.9 Å². The Labute approximate surface area is 132 Å². The first-order valence-electron chi connectivity index (χ1n) is 6.81. The molecule has 0 N–H and O–H groups in total. The molecular weight excluding hydrogens is 333 g/mol. The molecule has 0 amide bonds. The minimum absolute atomic E-state index is 0.371. The highest BCUT2D eigenvalue weighted by Gasteiger charge is 2.52. The van der Waals surface area contributed by atoms with Crippen LogP contribution in [0.1, 0.15) is 27.7 Å². The minimum atomic E-state index is -0.464. The van der Waals surface area contributed by atoms with Crippen LogP contribution in [0.2, 0.25) is 0 Å². The van der Waals surface area contributed by atoms with Gasteiger partial charge in [0.15, 0.2) is 0 Å². The zero-order chi connectivity index (χ0) is 15.3. The maximum absolute atomic E-state index is 6.02. The highest BCUT2D eigenvalue weighted by atomic mass is 79.9. The second-order valence-electron chi connectivity index (χ2n) is 6.13. The number of nitrogens with zero attached hydrogens (tertiary/aromatic N) is 3. The molecule has 1 aliphatic rings. The van der Waals surface area contributed by atoms with E-state index in [-0.39, 0.29) is 11.2 Å². The van der Waals surface area contributed by atoms with E-state index in [1.165, 1.54) is 0 Å². The van der Waals surface area contributed by atoms with Crippen LogP contribution >= 0.6 is 15.9 Å². The molecule has 1 saturated heterocycles. The smallest absolute Gasteiger partial charge is 0.398 e. The summed E-state index contributed by atoms with van der Waals surface area (Å²) in [6.07, 6.45) is 5.38. The SMILES string of the molecule is CC1(C)OB(c2cc(-n3cc(Br)cn3)ccn2)OC1(C)C. The Hall–Kier alpha value is -1.18. The lowest BCUT2D eigenvalue weighted by Gasteiger charge is -2.32. The average Bonchev–Trinajstić information content (AvgIpc) is 2.92.